The van der Waals surface area contributed by atoms with E-state index in [1.54, 1.807) is 4.90 Å². The van der Waals surface area contributed by atoms with Crippen molar-refractivity contribution in [2.75, 3.05) is 26.2 Å². The number of rotatable bonds is 7. The lowest BCUT2D eigenvalue weighted by atomic mass is 10.2. The molecule has 0 aromatic rings. The highest BCUT2D eigenvalue weighted by molar-refractivity contribution is 4.63. The Morgan fingerprint density at radius 3 is 2.36 bits per heavy atom. The molecule has 0 heterocycles. The SMILES string of the molecule is CC[NH+](CC)CCC[NH2+]C1CCCC1. The summed E-state index contributed by atoms with van der Waals surface area (Å²) >= 11 is 0. The van der Waals surface area contributed by atoms with Gasteiger partial charge < -0.3 is 10.2 Å². The summed E-state index contributed by atoms with van der Waals surface area (Å²) < 4.78 is 0. The second-order valence-electron chi connectivity index (χ2n) is 4.63. The number of nitrogens with one attached hydrogen (secondary N) is 1. The molecule has 0 spiro atoms. The highest BCUT2D eigenvalue weighted by Gasteiger charge is 2.17. The third kappa shape index (κ3) is 4.43. The predicted octanol–water partition coefficient (Wildman–Crippen LogP) is -0.193. The van der Waals surface area contributed by atoms with E-state index in [9.17, 15) is 0 Å². The Hall–Kier alpha value is -0.0800. The number of hydrogen-bond donors (Lipinski definition) is 2. The van der Waals surface area contributed by atoms with Crippen LogP contribution in [0, 0.1) is 0 Å². The molecule has 14 heavy (non-hydrogen) atoms. The first-order chi connectivity index (χ1) is 6.86. The molecule has 0 unspecified atom stereocenters. The summed E-state index contributed by atoms with van der Waals surface area (Å²) in [6.07, 6.45) is 7.29. The van der Waals surface area contributed by atoms with E-state index in [1.807, 2.05) is 0 Å². The van der Waals surface area contributed by atoms with Crippen LogP contribution in [-0.4, -0.2) is 32.2 Å². The molecule has 0 bridgehead atoms. The molecular formula is C12H28N2+2. The van der Waals surface area contributed by atoms with Gasteiger partial charge in [-0.3, -0.25) is 0 Å². The highest BCUT2D eigenvalue weighted by Crippen LogP contribution is 2.14. The van der Waals surface area contributed by atoms with Crippen LogP contribution in [0.1, 0.15) is 46.0 Å². The predicted molar refractivity (Wildman–Crippen MR) is 60.6 cm³/mol. The van der Waals surface area contributed by atoms with Crippen LogP contribution < -0.4 is 10.2 Å². The number of quaternary nitrogens is 2. The van der Waals surface area contributed by atoms with Gasteiger partial charge in [0.05, 0.1) is 32.2 Å². The van der Waals surface area contributed by atoms with Crippen molar-refractivity contribution in [1.82, 2.24) is 0 Å². The first-order valence-corrected chi connectivity index (χ1v) is 6.53. The molecule has 0 aliphatic heterocycles. The minimum Gasteiger partial charge on any atom is -0.344 e. The summed E-state index contributed by atoms with van der Waals surface area (Å²) in [5.74, 6) is 0. The molecule has 2 nitrogen and oxygen atoms in total. The number of hydrogen-bond acceptors (Lipinski definition) is 0. The van der Waals surface area contributed by atoms with E-state index in [-0.39, 0.29) is 0 Å². The van der Waals surface area contributed by atoms with E-state index in [0.29, 0.717) is 0 Å². The van der Waals surface area contributed by atoms with E-state index in [1.165, 1.54) is 58.3 Å². The highest BCUT2D eigenvalue weighted by atomic mass is 15.1. The topological polar surface area (TPSA) is 21.1 Å². The van der Waals surface area contributed by atoms with Gasteiger partial charge in [-0.05, 0) is 39.5 Å². The lowest BCUT2D eigenvalue weighted by Crippen LogP contribution is -3.11. The van der Waals surface area contributed by atoms with Gasteiger partial charge in [-0.2, -0.15) is 0 Å². The molecule has 0 atom stereocenters. The fourth-order valence-corrected chi connectivity index (χ4v) is 2.50. The van der Waals surface area contributed by atoms with Gasteiger partial charge >= 0.3 is 0 Å². The summed E-state index contributed by atoms with van der Waals surface area (Å²) in [7, 11) is 0. The van der Waals surface area contributed by atoms with Crippen LogP contribution in [0.3, 0.4) is 0 Å². The molecule has 1 rings (SSSR count). The maximum Gasteiger partial charge on any atom is 0.0859 e. The maximum absolute atomic E-state index is 2.59. The second kappa shape index (κ2) is 7.24. The van der Waals surface area contributed by atoms with E-state index >= 15 is 0 Å². The Bertz CT molecular complexity index is 122. The Balaban J connectivity index is 1.92. The number of nitrogens with two attached hydrogens (primary N) is 1. The van der Waals surface area contributed by atoms with Crippen LogP contribution >= 0.6 is 0 Å². The van der Waals surface area contributed by atoms with Crippen LogP contribution in [0.5, 0.6) is 0 Å². The van der Waals surface area contributed by atoms with Crippen LogP contribution in [0.25, 0.3) is 0 Å². The average molecular weight is 200 g/mol. The van der Waals surface area contributed by atoms with Gasteiger partial charge in [0.2, 0.25) is 0 Å². The maximum atomic E-state index is 2.59. The third-order valence-electron chi connectivity index (χ3n) is 3.63. The Kier molecular flexibility index (Phi) is 6.20. The third-order valence-corrected chi connectivity index (χ3v) is 3.63. The molecule has 1 fully saturated rings. The van der Waals surface area contributed by atoms with Gasteiger partial charge in [0.1, 0.15) is 0 Å². The zero-order valence-corrected chi connectivity index (χ0v) is 10.0. The molecular weight excluding hydrogens is 172 g/mol. The monoisotopic (exact) mass is 200 g/mol. The minimum absolute atomic E-state index is 0.974. The molecule has 1 aliphatic rings. The largest absolute Gasteiger partial charge is 0.344 e. The quantitative estimate of drug-likeness (QED) is 0.532. The van der Waals surface area contributed by atoms with Crippen molar-refractivity contribution in [1.29, 1.82) is 0 Å². The van der Waals surface area contributed by atoms with Crippen LogP contribution in [0.4, 0.5) is 0 Å². The molecule has 2 heteroatoms. The molecule has 1 aliphatic carbocycles. The summed E-state index contributed by atoms with van der Waals surface area (Å²) in [5, 5.41) is 2.59. The molecule has 3 N–H and O–H groups in total. The molecule has 0 radical (unpaired) electrons. The van der Waals surface area contributed by atoms with E-state index in [2.05, 4.69) is 19.2 Å². The zero-order chi connectivity index (χ0) is 10.2. The van der Waals surface area contributed by atoms with E-state index < -0.39 is 0 Å². The summed E-state index contributed by atoms with van der Waals surface area (Å²) in [6.45, 7) is 9.89. The minimum atomic E-state index is 0.974. The Morgan fingerprint density at radius 1 is 1.14 bits per heavy atom. The first kappa shape index (κ1) is 12.0. The van der Waals surface area contributed by atoms with Gasteiger partial charge in [-0.15, -0.1) is 0 Å². The molecule has 0 aromatic heterocycles. The first-order valence-electron chi connectivity index (χ1n) is 6.53. The zero-order valence-electron chi connectivity index (χ0n) is 10.0. The lowest BCUT2D eigenvalue weighted by molar-refractivity contribution is -0.898. The lowest BCUT2D eigenvalue weighted by Gasteiger charge is -2.15. The Morgan fingerprint density at radius 2 is 1.79 bits per heavy atom. The standard InChI is InChI=1S/C12H26N2/c1-3-14(4-2)11-7-10-13-12-8-5-6-9-12/h12-13H,3-11H2,1-2H3/p+2. The van der Waals surface area contributed by atoms with Crippen molar-refractivity contribution in [3.63, 3.8) is 0 Å². The van der Waals surface area contributed by atoms with Crippen molar-refractivity contribution in [2.45, 2.75) is 52.0 Å². The molecule has 0 amide bonds. The van der Waals surface area contributed by atoms with Crippen LogP contribution in [0.2, 0.25) is 0 Å². The summed E-state index contributed by atoms with van der Waals surface area (Å²) in [4.78, 5) is 1.75. The smallest absolute Gasteiger partial charge is 0.0859 e. The average Bonchev–Trinajstić information content (AvgIpc) is 2.71. The van der Waals surface area contributed by atoms with Gasteiger partial charge in [0, 0.05) is 6.42 Å². The van der Waals surface area contributed by atoms with Crippen molar-refractivity contribution < 1.29 is 10.2 Å². The van der Waals surface area contributed by atoms with Gasteiger partial charge in [0.15, 0.2) is 0 Å². The Labute approximate surface area is 89.1 Å². The normalized spacial score (nSPS) is 18.2. The van der Waals surface area contributed by atoms with Crippen molar-refractivity contribution in [3.05, 3.63) is 0 Å². The summed E-state index contributed by atoms with van der Waals surface area (Å²) in [5.41, 5.74) is 0. The van der Waals surface area contributed by atoms with E-state index in [4.69, 9.17) is 0 Å². The van der Waals surface area contributed by atoms with Crippen molar-refractivity contribution in [2.24, 2.45) is 0 Å². The van der Waals surface area contributed by atoms with Gasteiger partial charge in [-0.1, -0.05) is 0 Å². The fraction of sp³-hybridized carbons (Fsp3) is 1.00. The van der Waals surface area contributed by atoms with Crippen LogP contribution in [0.15, 0.2) is 0 Å². The molecule has 0 saturated heterocycles. The fourth-order valence-electron chi connectivity index (χ4n) is 2.50. The van der Waals surface area contributed by atoms with Crippen LogP contribution in [-0.2, 0) is 0 Å². The van der Waals surface area contributed by atoms with Crippen molar-refractivity contribution >= 4 is 0 Å². The van der Waals surface area contributed by atoms with E-state index in [0.717, 1.165) is 6.04 Å². The molecule has 84 valence electrons. The summed E-state index contributed by atoms with van der Waals surface area (Å²) in [6, 6.07) is 0.974. The van der Waals surface area contributed by atoms with Crippen molar-refractivity contribution in [3.8, 4) is 0 Å². The van der Waals surface area contributed by atoms with Gasteiger partial charge in [0.25, 0.3) is 0 Å². The molecule has 1 saturated carbocycles. The second-order valence-corrected chi connectivity index (χ2v) is 4.63. The van der Waals surface area contributed by atoms with Gasteiger partial charge in [-0.25, -0.2) is 0 Å². The molecule has 0 aromatic carbocycles.